The van der Waals surface area contributed by atoms with E-state index in [1.54, 1.807) is 7.11 Å². The fourth-order valence-corrected chi connectivity index (χ4v) is 1.87. The SMILES string of the molecule is COCCOc1cccc(NC(=O)CC2CNC2)c1. The third-order valence-corrected chi connectivity index (χ3v) is 3.01. The highest BCUT2D eigenvalue weighted by Gasteiger charge is 2.19. The van der Waals surface area contributed by atoms with Crippen LogP contribution in [0.4, 0.5) is 5.69 Å². The largest absolute Gasteiger partial charge is 0.491 e. The van der Waals surface area contributed by atoms with Crippen LogP contribution in [0.2, 0.25) is 0 Å². The summed E-state index contributed by atoms with van der Waals surface area (Å²) in [6, 6.07) is 7.41. The van der Waals surface area contributed by atoms with Crippen LogP contribution < -0.4 is 15.4 Å². The van der Waals surface area contributed by atoms with Crippen LogP contribution in [0.3, 0.4) is 0 Å². The van der Waals surface area contributed by atoms with E-state index >= 15 is 0 Å². The summed E-state index contributed by atoms with van der Waals surface area (Å²) in [4.78, 5) is 11.8. The fraction of sp³-hybridized carbons (Fsp3) is 0.500. The van der Waals surface area contributed by atoms with Crippen LogP contribution in [-0.2, 0) is 9.53 Å². The molecule has 0 saturated carbocycles. The van der Waals surface area contributed by atoms with E-state index in [2.05, 4.69) is 10.6 Å². The lowest BCUT2D eigenvalue weighted by atomic mass is 9.99. The summed E-state index contributed by atoms with van der Waals surface area (Å²) in [7, 11) is 1.63. The summed E-state index contributed by atoms with van der Waals surface area (Å²) >= 11 is 0. The molecule has 5 heteroatoms. The number of hydrogen-bond acceptors (Lipinski definition) is 4. The highest BCUT2D eigenvalue weighted by atomic mass is 16.5. The highest BCUT2D eigenvalue weighted by molar-refractivity contribution is 5.91. The number of methoxy groups -OCH3 is 1. The minimum absolute atomic E-state index is 0.0561. The second-order valence-corrected chi connectivity index (χ2v) is 4.65. The average molecular weight is 264 g/mol. The summed E-state index contributed by atoms with van der Waals surface area (Å²) < 4.78 is 10.4. The van der Waals surface area contributed by atoms with E-state index in [4.69, 9.17) is 9.47 Å². The van der Waals surface area contributed by atoms with Gasteiger partial charge in [0.25, 0.3) is 0 Å². The molecule has 1 saturated heterocycles. The molecule has 0 aliphatic carbocycles. The van der Waals surface area contributed by atoms with Crippen LogP contribution in [0.1, 0.15) is 6.42 Å². The topological polar surface area (TPSA) is 59.6 Å². The van der Waals surface area contributed by atoms with Crippen LogP contribution in [0, 0.1) is 5.92 Å². The molecule has 2 rings (SSSR count). The molecule has 19 heavy (non-hydrogen) atoms. The van der Waals surface area contributed by atoms with Crippen LogP contribution in [-0.4, -0.2) is 39.3 Å². The van der Waals surface area contributed by atoms with Crippen molar-refractivity contribution >= 4 is 11.6 Å². The molecule has 0 radical (unpaired) electrons. The number of carbonyl (C=O) groups is 1. The van der Waals surface area contributed by atoms with Crippen LogP contribution in [0.25, 0.3) is 0 Å². The van der Waals surface area contributed by atoms with Gasteiger partial charge in [-0.3, -0.25) is 4.79 Å². The summed E-state index contributed by atoms with van der Waals surface area (Å²) in [5.41, 5.74) is 0.771. The van der Waals surface area contributed by atoms with Gasteiger partial charge < -0.3 is 20.1 Å². The van der Waals surface area contributed by atoms with Crippen molar-refractivity contribution in [2.24, 2.45) is 5.92 Å². The third-order valence-electron chi connectivity index (χ3n) is 3.01. The van der Waals surface area contributed by atoms with Gasteiger partial charge in [0.15, 0.2) is 0 Å². The maximum absolute atomic E-state index is 11.8. The molecule has 1 fully saturated rings. The first-order valence-electron chi connectivity index (χ1n) is 6.50. The minimum Gasteiger partial charge on any atom is -0.491 e. The molecule has 1 aromatic rings. The van der Waals surface area contributed by atoms with Crippen molar-refractivity contribution in [3.8, 4) is 5.75 Å². The van der Waals surface area contributed by atoms with Gasteiger partial charge in [-0.15, -0.1) is 0 Å². The molecule has 2 N–H and O–H groups in total. The zero-order chi connectivity index (χ0) is 13.5. The Hall–Kier alpha value is -1.59. The van der Waals surface area contributed by atoms with Crippen LogP contribution in [0.15, 0.2) is 24.3 Å². The predicted molar refractivity (Wildman–Crippen MR) is 73.4 cm³/mol. The van der Waals surface area contributed by atoms with Gasteiger partial charge in [-0.05, 0) is 31.1 Å². The normalized spacial score (nSPS) is 14.8. The molecule has 5 nitrogen and oxygen atoms in total. The second kappa shape index (κ2) is 7.11. The van der Waals surface area contributed by atoms with Gasteiger partial charge in [0, 0.05) is 25.3 Å². The van der Waals surface area contributed by atoms with Crippen molar-refractivity contribution in [3.05, 3.63) is 24.3 Å². The van der Waals surface area contributed by atoms with Gasteiger partial charge in [-0.25, -0.2) is 0 Å². The molecule has 0 aromatic heterocycles. The molecule has 1 amide bonds. The van der Waals surface area contributed by atoms with Crippen molar-refractivity contribution < 1.29 is 14.3 Å². The number of carbonyl (C=O) groups excluding carboxylic acids is 1. The van der Waals surface area contributed by atoms with Gasteiger partial charge >= 0.3 is 0 Å². The van der Waals surface area contributed by atoms with Gasteiger partial charge in [0.2, 0.25) is 5.91 Å². The number of benzene rings is 1. The number of hydrogen-bond donors (Lipinski definition) is 2. The highest BCUT2D eigenvalue weighted by Crippen LogP contribution is 2.18. The number of nitrogens with one attached hydrogen (secondary N) is 2. The Labute approximate surface area is 113 Å². The van der Waals surface area contributed by atoms with E-state index in [9.17, 15) is 4.79 Å². The lowest BCUT2D eigenvalue weighted by Crippen LogP contribution is -2.43. The zero-order valence-corrected chi connectivity index (χ0v) is 11.1. The molecule has 1 aromatic carbocycles. The summed E-state index contributed by atoms with van der Waals surface area (Å²) in [5.74, 6) is 1.27. The fourth-order valence-electron chi connectivity index (χ4n) is 1.87. The van der Waals surface area contributed by atoms with Crippen molar-refractivity contribution in [2.75, 3.05) is 38.7 Å². The molecule has 0 bridgehead atoms. The molecule has 1 aliphatic heterocycles. The van der Waals surface area contributed by atoms with Crippen molar-refractivity contribution in [2.45, 2.75) is 6.42 Å². The van der Waals surface area contributed by atoms with Crippen molar-refractivity contribution in [1.29, 1.82) is 0 Å². The van der Waals surface area contributed by atoms with E-state index in [-0.39, 0.29) is 5.91 Å². The zero-order valence-electron chi connectivity index (χ0n) is 11.1. The summed E-state index contributed by atoms with van der Waals surface area (Å²) in [6.07, 6.45) is 0.571. The van der Waals surface area contributed by atoms with Gasteiger partial charge in [0.05, 0.1) is 6.61 Å². The van der Waals surface area contributed by atoms with Crippen LogP contribution in [0.5, 0.6) is 5.75 Å². The average Bonchev–Trinajstić information content (AvgIpc) is 2.35. The molecule has 0 atom stereocenters. The lowest BCUT2D eigenvalue weighted by molar-refractivity contribution is -0.117. The quantitative estimate of drug-likeness (QED) is 0.728. The smallest absolute Gasteiger partial charge is 0.224 e. The predicted octanol–water partition coefficient (Wildman–Crippen LogP) is 1.26. The number of anilines is 1. The summed E-state index contributed by atoms with van der Waals surface area (Å²) in [6.45, 7) is 2.92. The van der Waals surface area contributed by atoms with E-state index in [0.717, 1.165) is 24.5 Å². The molecule has 104 valence electrons. The van der Waals surface area contributed by atoms with Gasteiger partial charge in [0.1, 0.15) is 12.4 Å². The minimum atomic E-state index is 0.0561. The van der Waals surface area contributed by atoms with Crippen molar-refractivity contribution in [3.63, 3.8) is 0 Å². The molecular weight excluding hydrogens is 244 g/mol. The number of ether oxygens (including phenoxy) is 2. The second-order valence-electron chi connectivity index (χ2n) is 4.65. The molecule has 1 heterocycles. The third kappa shape index (κ3) is 4.54. The Morgan fingerprint density at radius 2 is 2.26 bits per heavy atom. The van der Waals surface area contributed by atoms with Gasteiger partial charge in [-0.2, -0.15) is 0 Å². The van der Waals surface area contributed by atoms with E-state index in [1.807, 2.05) is 24.3 Å². The lowest BCUT2D eigenvalue weighted by Gasteiger charge is -2.26. The molecule has 1 aliphatic rings. The van der Waals surface area contributed by atoms with Crippen LogP contribution >= 0.6 is 0 Å². The first-order chi connectivity index (χ1) is 9.28. The van der Waals surface area contributed by atoms with Crippen molar-refractivity contribution in [1.82, 2.24) is 5.32 Å². The first-order valence-corrected chi connectivity index (χ1v) is 6.50. The van der Waals surface area contributed by atoms with E-state index in [0.29, 0.717) is 25.6 Å². The summed E-state index contributed by atoms with van der Waals surface area (Å²) in [5, 5.41) is 6.05. The maximum Gasteiger partial charge on any atom is 0.224 e. The van der Waals surface area contributed by atoms with E-state index < -0.39 is 0 Å². The monoisotopic (exact) mass is 264 g/mol. The maximum atomic E-state index is 11.8. The molecule has 0 unspecified atom stereocenters. The first kappa shape index (κ1) is 13.8. The van der Waals surface area contributed by atoms with E-state index in [1.165, 1.54) is 0 Å². The molecule has 0 spiro atoms. The Morgan fingerprint density at radius 3 is 2.95 bits per heavy atom. The number of amides is 1. The Bertz CT molecular complexity index is 419. The number of rotatable bonds is 7. The Kier molecular flexibility index (Phi) is 5.18. The Balaban J connectivity index is 1.81. The standard InChI is InChI=1S/C14H20N2O3/c1-18-5-6-19-13-4-2-3-12(8-13)16-14(17)7-11-9-15-10-11/h2-4,8,11,15H,5-7,9-10H2,1H3,(H,16,17). The van der Waals surface area contributed by atoms with Gasteiger partial charge in [-0.1, -0.05) is 6.07 Å². The molecular formula is C14H20N2O3. The Morgan fingerprint density at radius 1 is 1.42 bits per heavy atom.